The Balaban J connectivity index is 1.58. The van der Waals surface area contributed by atoms with Crippen LogP contribution in [0.2, 0.25) is 0 Å². The summed E-state index contributed by atoms with van der Waals surface area (Å²) in [6, 6.07) is 7.65. The number of likely N-dealkylation sites (N-methyl/N-ethyl adjacent to an activating group) is 1. The molecular weight excluding hydrogens is 720 g/mol. The minimum atomic E-state index is -1.31. The topological polar surface area (TPSA) is 141 Å². The maximum atomic E-state index is 14.0. The van der Waals surface area contributed by atoms with E-state index in [9.17, 15) is 14.4 Å². The van der Waals surface area contributed by atoms with Crippen LogP contribution in [0.5, 0.6) is 5.75 Å². The van der Waals surface area contributed by atoms with Gasteiger partial charge in [0.15, 0.2) is 29.5 Å². The molecule has 1 aromatic carbocycles. The summed E-state index contributed by atoms with van der Waals surface area (Å²) in [5.74, 6) is -1.16. The van der Waals surface area contributed by atoms with Crippen LogP contribution in [0.1, 0.15) is 100 Å². The van der Waals surface area contributed by atoms with Crippen molar-refractivity contribution in [3.05, 3.63) is 29.8 Å². The van der Waals surface area contributed by atoms with E-state index >= 15 is 0 Å². The van der Waals surface area contributed by atoms with Gasteiger partial charge in [-0.15, -0.1) is 0 Å². The molecule has 0 N–H and O–H groups in total. The summed E-state index contributed by atoms with van der Waals surface area (Å²) in [5.41, 5.74) is -0.729. The minimum Gasteiger partial charge on any atom is -0.459 e. The van der Waals surface area contributed by atoms with Gasteiger partial charge in [0, 0.05) is 18.8 Å². The zero-order valence-corrected chi connectivity index (χ0v) is 35.6. The van der Waals surface area contributed by atoms with Gasteiger partial charge in [-0.2, -0.15) is 0 Å². The molecule has 4 fully saturated rings. The van der Waals surface area contributed by atoms with Crippen molar-refractivity contribution in [3.8, 4) is 5.75 Å². The molecule has 13 atom stereocenters. The van der Waals surface area contributed by atoms with Gasteiger partial charge in [-0.25, -0.2) is 0 Å². The van der Waals surface area contributed by atoms with E-state index in [0.29, 0.717) is 36.6 Å². The molecule has 0 radical (unpaired) electrons. The van der Waals surface area contributed by atoms with Crippen LogP contribution in [0.15, 0.2) is 29.4 Å². The fraction of sp³-hybridized carbons (Fsp3) is 0.767. The monoisotopic (exact) mass is 786 g/mol. The van der Waals surface area contributed by atoms with Crippen LogP contribution < -0.4 is 4.84 Å². The number of hydrogen-bond acceptors (Lipinski definition) is 13. The number of cyclic esters (lactones) is 1. The van der Waals surface area contributed by atoms with Crippen molar-refractivity contribution in [2.75, 3.05) is 27.3 Å². The largest absolute Gasteiger partial charge is 0.459 e. The van der Waals surface area contributed by atoms with Crippen LogP contribution in [-0.4, -0.2) is 116 Å². The van der Waals surface area contributed by atoms with Crippen LogP contribution in [0.3, 0.4) is 0 Å². The molecule has 0 amide bonds. The summed E-state index contributed by atoms with van der Waals surface area (Å²) in [6.45, 7) is 19.2. The predicted molar refractivity (Wildman–Crippen MR) is 209 cm³/mol. The number of ketones is 1. The summed E-state index contributed by atoms with van der Waals surface area (Å²) >= 11 is 0. The zero-order chi connectivity index (χ0) is 41.1. The lowest BCUT2D eigenvalue weighted by atomic mass is 9.76. The Morgan fingerprint density at radius 3 is 2.38 bits per heavy atom. The Morgan fingerprint density at radius 2 is 1.75 bits per heavy atom. The number of oxime groups is 1. The lowest BCUT2D eigenvalue weighted by Crippen LogP contribution is -2.60. The van der Waals surface area contributed by atoms with Gasteiger partial charge in [0.2, 0.25) is 0 Å². The first-order valence-electron chi connectivity index (χ1n) is 20.5. The predicted octanol–water partition coefficient (Wildman–Crippen LogP) is 5.93. The molecule has 4 aliphatic rings. The van der Waals surface area contributed by atoms with E-state index in [-0.39, 0.29) is 43.5 Å². The van der Waals surface area contributed by atoms with Crippen LogP contribution in [0.4, 0.5) is 0 Å². The van der Waals surface area contributed by atoms with Gasteiger partial charge in [0.1, 0.15) is 11.8 Å². The lowest BCUT2D eigenvalue weighted by molar-refractivity contribution is -0.304. The molecule has 13 heteroatoms. The van der Waals surface area contributed by atoms with Gasteiger partial charge in [0.05, 0.1) is 55.7 Å². The van der Waals surface area contributed by atoms with Gasteiger partial charge in [-0.1, -0.05) is 58.8 Å². The van der Waals surface area contributed by atoms with Crippen molar-refractivity contribution in [1.29, 1.82) is 0 Å². The zero-order valence-electron chi connectivity index (χ0n) is 35.6. The smallest absolute Gasteiger partial charge is 0.308 e. The van der Waals surface area contributed by atoms with Gasteiger partial charge in [-0.05, 0) is 90.1 Å². The summed E-state index contributed by atoms with van der Waals surface area (Å²) in [6.07, 6.45) is -2.55. The molecule has 4 bridgehead atoms. The third kappa shape index (κ3) is 10.0. The molecule has 3 unspecified atom stereocenters. The molecule has 0 saturated carbocycles. The van der Waals surface area contributed by atoms with Crippen LogP contribution in [0.25, 0.3) is 0 Å². The summed E-state index contributed by atoms with van der Waals surface area (Å²) < 4.78 is 45.8. The molecule has 5 rings (SSSR count). The number of rotatable bonds is 9. The quantitative estimate of drug-likeness (QED) is 0.217. The third-order valence-electron chi connectivity index (χ3n) is 12.1. The first-order valence-corrected chi connectivity index (χ1v) is 20.5. The first-order chi connectivity index (χ1) is 26.3. The molecule has 314 valence electrons. The molecule has 1 aromatic rings. The van der Waals surface area contributed by atoms with Gasteiger partial charge >= 0.3 is 11.9 Å². The molecule has 4 saturated heterocycles. The van der Waals surface area contributed by atoms with E-state index in [2.05, 4.69) is 19.0 Å². The molecule has 13 nitrogen and oxygen atoms in total. The Hall–Kier alpha value is -2.94. The second-order valence-electron chi connectivity index (χ2n) is 17.6. The number of benzene rings is 1. The van der Waals surface area contributed by atoms with Crippen molar-refractivity contribution in [2.24, 2.45) is 28.8 Å². The average molecular weight is 787 g/mol. The molecule has 0 spiro atoms. The van der Waals surface area contributed by atoms with Gasteiger partial charge in [-0.3, -0.25) is 14.4 Å². The highest BCUT2D eigenvalue weighted by Crippen LogP contribution is 2.45. The highest BCUT2D eigenvalue weighted by molar-refractivity contribution is 5.92. The normalized spacial score (nSPS) is 39.2. The number of Topliss-reactive ketones (excluding diaryl/α,β-unsaturated/α-hetero) is 1. The van der Waals surface area contributed by atoms with Crippen LogP contribution >= 0.6 is 0 Å². The fourth-order valence-electron chi connectivity index (χ4n) is 9.19. The highest BCUT2D eigenvalue weighted by atomic mass is 16.7. The van der Waals surface area contributed by atoms with E-state index in [1.165, 1.54) is 12.5 Å². The summed E-state index contributed by atoms with van der Waals surface area (Å²) in [7, 11) is 3.88. The van der Waals surface area contributed by atoms with Crippen molar-refractivity contribution >= 4 is 23.4 Å². The van der Waals surface area contributed by atoms with Crippen molar-refractivity contribution in [2.45, 2.75) is 161 Å². The lowest BCUT2D eigenvalue weighted by Gasteiger charge is -2.48. The van der Waals surface area contributed by atoms with Crippen molar-refractivity contribution in [1.82, 2.24) is 4.90 Å². The molecule has 0 aromatic heterocycles. The first kappa shape index (κ1) is 44.2. The van der Waals surface area contributed by atoms with E-state index in [4.69, 9.17) is 38.0 Å². The maximum absolute atomic E-state index is 14.0. The number of carbonyl (C=O) groups is 3. The van der Waals surface area contributed by atoms with E-state index in [1.807, 2.05) is 84.8 Å². The van der Waals surface area contributed by atoms with Crippen LogP contribution in [-0.2, 0) is 54.0 Å². The Labute approximate surface area is 333 Å². The van der Waals surface area contributed by atoms with E-state index < -0.39 is 71.8 Å². The maximum Gasteiger partial charge on any atom is 0.308 e. The summed E-state index contributed by atoms with van der Waals surface area (Å²) in [4.78, 5) is 48.4. The molecular formula is C43H66N2O11. The molecule has 0 aliphatic carbocycles. The van der Waals surface area contributed by atoms with Crippen LogP contribution in [0, 0.1) is 23.7 Å². The van der Waals surface area contributed by atoms with Gasteiger partial charge < -0.3 is 42.9 Å². The average Bonchev–Trinajstić information content (AvgIpc) is 3.38. The second-order valence-corrected chi connectivity index (χ2v) is 17.6. The van der Waals surface area contributed by atoms with E-state index in [0.717, 1.165) is 6.42 Å². The molecule has 56 heavy (non-hydrogen) atoms. The van der Waals surface area contributed by atoms with Crippen molar-refractivity contribution < 1.29 is 52.4 Å². The highest BCUT2D eigenvalue weighted by Gasteiger charge is 2.58. The SMILES string of the molecule is CC[C@H]1OC(=O)C[C@H]2OC/C(=N\Oc3ccc(CC(C)C)cc3)CO[C@@](C)(C[C@@H](C)C3OC1(C)C(=O)C3C)[C@H](O[C@@H]1O[C@H](C)C[C@H](N(C)C)[C@H]1OC(C)=O)[C@@H]2C. The molecule has 4 heterocycles. The summed E-state index contributed by atoms with van der Waals surface area (Å²) in [5, 5.41) is 4.51. The van der Waals surface area contributed by atoms with E-state index in [1.54, 1.807) is 6.92 Å². The Morgan fingerprint density at radius 1 is 1.05 bits per heavy atom. The standard InChI is InChI=1S/C43H66N2O11/c1-13-35-43(10)39(48)28(7)37(55-43)25(4)21-42(9)40(54-41-38(52-29(8)46)33(45(11)12)19-26(5)51-41)27(6)34(20-36(47)53-35)49-22-31(23-50-42)44-56-32-16-14-30(15-17-32)18-24(2)3/h14-17,24-28,33-35,37-38,40-41H,13,18-23H2,1-12H3/b44-31+/t25-,26-,27-,28?,33+,34-,35-,37?,38-,40-,41+,42+,43?/m1/s1. The number of carbonyl (C=O) groups excluding carboxylic acids is 3. The Kier molecular flexibility index (Phi) is 14.5. The number of ether oxygens (including phenoxy) is 7. The minimum absolute atomic E-state index is 0.0119. The van der Waals surface area contributed by atoms with Gasteiger partial charge in [0.25, 0.3) is 0 Å². The second kappa shape index (κ2) is 18.3. The Bertz CT molecular complexity index is 1550. The number of esters is 2. The number of nitrogens with zero attached hydrogens (tertiary/aromatic N) is 2. The third-order valence-corrected chi connectivity index (χ3v) is 12.1. The van der Waals surface area contributed by atoms with Crippen molar-refractivity contribution in [3.63, 3.8) is 0 Å². The fourth-order valence-corrected chi connectivity index (χ4v) is 9.19. The number of hydrogen-bond donors (Lipinski definition) is 0. The molecule has 4 aliphatic heterocycles. The number of fused-ring (bicyclic) bond motifs is 5.